The third-order valence-corrected chi connectivity index (χ3v) is 5.78. The molecule has 0 bridgehead atoms. The third-order valence-electron chi connectivity index (χ3n) is 5.55. The fourth-order valence-corrected chi connectivity index (χ4v) is 4.09. The Morgan fingerprint density at radius 2 is 1.97 bits per heavy atom. The summed E-state index contributed by atoms with van der Waals surface area (Å²) in [5.74, 6) is -0.980. The first-order chi connectivity index (χ1) is 15.9. The SMILES string of the molecule is CCCC[C@@]1(c2ccccc2)NC(=O)N(CC(=O)Nc2cc(Cl)ccc2-n2cncn2)C1=O. The Balaban J connectivity index is 1.56. The quantitative estimate of drug-likeness (QED) is 0.494. The summed E-state index contributed by atoms with van der Waals surface area (Å²) >= 11 is 6.11. The molecule has 1 aromatic heterocycles. The molecule has 1 fully saturated rings. The number of nitrogens with zero attached hydrogens (tertiary/aromatic N) is 4. The van der Waals surface area contributed by atoms with Crippen molar-refractivity contribution >= 4 is 35.1 Å². The van der Waals surface area contributed by atoms with Crippen molar-refractivity contribution < 1.29 is 14.4 Å². The van der Waals surface area contributed by atoms with Gasteiger partial charge in [0.25, 0.3) is 5.91 Å². The first-order valence-electron chi connectivity index (χ1n) is 10.6. The number of nitrogens with one attached hydrogen (secondary N) is 2. The molecular formula is C23H23ClN6O3. The largest absolute Gasteiger partial charge is 0.325 e. The molecule has 2 N–H and O–H groups in total. The summed E-state index contributed by atoms with van der Waals surface area (Å²) in [7, 11) is 0. The molecule has 170 valence electrons. The van der Waals surface area contributed by atoms with E-state index in [1.54, 1.807) is 18.2 Å². The number of aromatic nitrogens is 3. The Morgan fingerprint density at radius 1 is 1.18 bits per heavy atom. The molecule has 3 aromatic rings. The van der Waals surface area contributed by atoms with Crippen LogP contribution in [0.5, 0.6) is 0 Å². The highest BCUT2D eigenvalue weighted by molar-refractivity contribution is 6.31. The van der Waals surface area contributed by atoms with Crippen molar-refractivity contribution in [1.29, 1.82) is 0 Å². The fourth-order valence-electron chi connectivity index (χ4n) is 3.92. The van der Waals surface area contributed by atoms with Gasteiger partial charge in [-0.15, -0.1) is 0 Å². The maximum atomic E-state index is 13.5. The second-order valence-electron chi connectivity index (χ2n) is 7.75. The molecule has 10 heteroatoms. The monoisotopic (exact) mass is 466 g/mol. The van der Waals surface area contributed by atoms with E-state index in [1.165, 1.54) is 17.3 Å². The highest BCUT2D eigenvalue weighted by atomic mass is 35.5. The van der Waals surface area contributed by atoms with Crippen molar-refractivity contribution in [2.45, 2.75) is 31.7 Å². The lowest BCUT2D eigenvalue weighted by atomic mass is 9.85. The van der Waals surface area contributed by atoms with Gasteiger partial charge >= 0.3 is 6.03 Å². The van der Waals surface area contributed by atoms with E-state index in [2.05, 4.69) is 20.7 Å². The Kier molecular flexibility index (Phi) is 6.41. The first kappa shape index (κ1) is 22.5. The van der Waals surface area contributed by atoms with Gasteiger partial charge in [-0.1, -0.05) is 61.7 Å². The van der Waals surface area contributed by atoms with E-state index in [4.69, 9.17) is 11.6 Å². The van der Waals surface area contributed by atoms with E-state index in [9.17, 15) is 14.4 Å². The molecule has 9 nitrogen and oxygen atoms in total. The molecule has 2 aromatic carbocycles. The molecule has 0 radical (unpaired) electrons. The summed E-state index contributed by atoms with van der Waals surface area (Å²) < 4.78 is 1.48. The Bertz CT molecular complexity index is 1170. The van der Waals surface area contributed by atoms with Crippen LogP contribution < -0.4 is 10.6 Å². The van der Waals surface area contributed by atoms with E-state index in [1.807, 2.05) is 37.3 Å². The summed E-state index contributed by atoms with van der Waals surface area (Å²) in [5.41, 5.74) is 0.439. The van der Waals surface area contributed by atoms with E-state index < -0.39 is 29.9 Å². The smallest absolute Gasteiger partial charge is 0.323 e. The second kappa shape index (κ2) is 9.41. The number of carbonyl (C=O) groups excluding carboxylic acids is 3. The Labute approximate surface area is 195 Å². The third kappa shape index (κ3) is 4.45. The van der Waals surface area contributed by atoms with Crippen LogP contribution >= 0.6 is 11.6 Å². The lowest BCUT2D eigenvalue weighted by molar-refractivity contribution is -0.134. The molecule has 33 heavy (non-hydrogen) atoms. The van der Waals surface area contributed by atoms with Crippen molar-refractivity contribution in [1.82, 2.24) is 25.0 Å². The zero-order chi connectivity index (χ0) is 23.4. The van der Waals surface area contributed by atoms with Gasteiger partial charge in [-0.3, -0.25) is 14.5 Å². The van der Waals surface area contributed by atoms with Crippen molar-refractivity contribution in [2.75, 3.05) is 11.9 Å². The highest BCUT2D eigenvalue weighted by Crippen LogP contribution is 2.34. The van der Waals surface area contributed by atoms with Crippen molar-refractivity contribution in [2.24, 2.45) is 0 Å². The number of amides is 4. The highest BCUT2D eigenvalue weighted by Gasteiger charge is 2.52. The summed E-state index contributed by atoms with van der Waals surface area (Å²) in [5, 5.41) is 10.1. The predicted octanol–water partition coefficient (Wildman–Crippen LogP) is 3.50. The van der Waals surface area contributed by atoms with Gasteiger partial charge in [0.2, 0.25) is 5.91 Å². The van der Waals surface area contributed by atoms with Gasteiger partial charge in [0.15, 0.2) is 0 Å². The number of halogens is 1. The molecule has 2 heterocycles. The minimum atomic E-state index is -1.18. The molecule has 1 saturated heterocycles. The number of rotatable bonds is 8. The summed E-state index contributed by atoms with van der Waals surface area (Å²) in [6, 6.07) is 13.4. The van der Waals surface area contributed by atoms with E-state index in [0.29, 0.717) is 28.4 Å². The summed E-state index contributed by atoms with van der Waals surface area (Å²) in [6.07, 6.45) is 4.90. The number of unbranched alkanes of at least 4 members (excludes halogenated alkanes) is 1. The van der Waals surface area contributed by atoms with E-state index in [-0.39, 0.29) is 0 Å². The number of imide groups is 1. The zero-order valence-electron chi connectivity index (χ0n) is 18.0. The second-order valence-corrected chi connectivity index (χ2v) is 8.18. The fraction of sp³-hybridized carbons (Fsp3) is 0.261. The maximum absolute atomic E-state index is 13.5. The number of anilines is 1. The van der Waals surface area contributed by atoms with Crippen molar-refractivity contribution in [3.05, 3.63) is 71.8 Å². The molecule has 1 aliphatic heterocycles. The van der Waals surface area contributed by atoms with Crippen LogP contribution in [0.4, 0.5) is 10.5 Å². The van der Waals surface area contributed by atoms with Gasteiger partial charge < -0.3 is 10.6 Å². The molecule has 0 spiro atoms. The maximum Gasteiger partial charge on any atom is 0.325 e. The van der Waals surface area contributed by atoms with Crippen LogP contribution in [-0.2, 0) is 15.1 Å². The predicted molar refractivity (Wildman–Crippen MR) is 123 cm³/mol. The average molecular weight is 467 g/mol. The summed E-state index contributed by atoms with van der Waals surface area (Å²) in [6.45, 7) is 1.58. The number of urea groups is 1. The average Bonchev–Trinajstić information content (AvgIpc) is 3.42. The number of carbonyl (C=O) groups is 3. The van der Waals surface area contributed by atoms with E-state index >= 15 is 0 Å². The van der Waals surface area contributed by atoms with Crippen LogP contribution in [0.3, 0.4) is 0 Å². The van der Waals surface area contributed by atoms with Gasteiger partial charge in [-0.2, -0.15) is 5.10 Å². The number of hydrogen-bond donors (Lipinski definition) is 2. The Hall–Kier alpha value is -3.72. The van der Waals surface area contributed by atoms with Gasteiger partial charge in [0.05, 0.1) is 11.4 Å². The van der Waals surface area contributed by atoms with Crippen LogP contribution in [0.25, 0.3) is 5.69 Å². The van der Waals surface area contributed by atoms with Gasteiger partial charge in [-0.25, -0.2) is 14.5 Å². The molecule has 1 aliphatic rings. The zero-order valence-corrected chi connectivity index (χ0v) is 18.7. The molecule has 0 saturated carbocycles. The van der Waals surface area contributed by atoms with Crippen LogP contribution in [0.15, 0.2) is 61.2 Å². The molecular weight excluding hydrogens is 444 g/mol. The number of hydrogen-bond acceptors (Lipinski definition) is 5. The molecule has 0 aliphatic carbocycles. The van der Waals surface area contributed by atoms with Crippen LogP contribution in [0.2, 0.25) is 5.02 Å². The number of benzene rings is 2. The van der Waals surface area contributed by atoms with E-state index in [0.717, 1.165) is 17.7 Å². The van der Waals surface area contributed by atoms with Gasteiger partial charge in [0, 0.05) is 5.02 Å². The van der Waals surface area contributed by atoms with Crippen LogP contribution in [0.1, 0.15) is 31.7 Å². The lowest BCUT2D eigenvalue weighted by Gasteiger charge is -2.27. The van der Waals surface area contributed by atoms with Crippen molar-refractivity contribution in [3.63, 3.8) is 0 Å². The molecule has 0 unspecified atom stereocenters. The normalized spacial score (nSPS) is 17.8. The minimum Gasteiger partial charge on any atom is -0.323 e. The Morgan fingerprint density at radius 3 is 2.67 bits per heavy atom. The van der Waals surface area contributed by atoms with Crippen molar-refractivity contribution in [3.8, 4) is 5.69 Å². The molecule has 4 amide bonds. The standard InChI is InChI=1S/C23H23ClN6O3/c1-2-3-11-23(16-7-5-4-6-8-16)21(32)29(22(33)28-23)13-20(31)27-18-12-17(24)9-10-19(18)30-15-25-14-26-30/h4-10,12,14-15H,2-3,11,13H2,1H3,(H,27,31)(H,28,33)/t23-/m0/s1. The van der Waals surface area contributed by atoms with Gasteiger partial charge in [0.1, 0.15) is 24.7 Å². The van der Waals surface area contributed by atoms with Crippen LogP contribution in [-0.4, -0.2) is 44.1 Å². The first-order valence-corrected chi connectivity index (χ1v) is 11.0. The van der Waals surface area contributed by atoms with Crippen LogP contribution in [0, 0.1) is 0 Å². The topological polar surface area (TPSA) is 109 Å². The van der Waals surface area contributed by atoms with Gasteiger partial charge in [-0.05, 0) is 30.2 Å². The minimum absolute atomic E-state index is 0.380. The summed E-state index contributed by atoms with van der Waals surface area (Å²) in [4.78, 5) is 44.0. The molecule has 1 atom stereocenters. The lowest BCUT2D eigenvalue weighted by Crippen LogP contribution is -2.44. The molecule has 4 rings (SSSR count).